The van der Waals surface area contributed by atoms with Crippen LogP contribution in [0, 0.1) is 6.92 Å². The molecule has 10 heteroatoms. The van der Waals surface area contributed by atoms with Gasteiger partial charge in [-0.05, 0) is 69.0 Å². The number of amides is 2. The summed E-state index contributed by atoms with van der Waals surface area (Å²) >= 11 is 0. The van der Waals surface area contributed by atoms with Gasteiger partial charge in [0.25, 0.3) is 0 Å². The van der Waals surface area contributed by atoms with Gasteiger partial charge in [0, 0.05) is 23.7 Å². The molecule has 0 bridgehead atoms. The molecule has 2 amide bonds. The molecular formula is C32H36N8O2. The van der Waals surface area contributed by atoms with Gasteiger partial charge in [-0.15, -0.1) is 10.2 Å². The number of fused-ring (bicyclic) bond motifs is 1. The Kier molecular flexibility index (Phi) is 7.36. The number of benzene rings is 1. The normalized spacial score (nSPS) is 17.2. The van der Waals surface area contributed by atoms with Gasteiger partial charge in [0.05, 0.1) is 23.7 Å². The molecule has 0 atom stereocenters. The minimum atomic E-state index is -0.229. The fraction of sp³-hybridized carbons (Fsp3) is 0.344. The highest BCUT2D eigenvalue weighted by Gasteiger charge is 2.26. The highest BCUT2D eigenvalue weighted by atomic mass is 16.5. The van der Waals surface area contributed by atoms with Gasteiger partial charge in [0.1, 0.15) is 17.3 Å². The van der Waals surface area contributed by atoms with E-state index in [1.54, 1.807) is 10.9 Å². The van der Waals surface area contributed by atoms with Crippen LogP contribution in [0.1, 0.15) is 57.7 Å². The van der Waals surface area contributed by atoms with E-state index in [0.29, 0.717) is 11.6 Å². The molecule has 1 aliphatic rings. The first-order valence-electron chi connectivity index (χ1n) is 14.4. The van der Waals surface area contributed by atoms with E-state index in [-0.39, 0.29) is 23.6 Å². The third-order valence-electron chi connectivity index (χ3n) is 7.58. The van der Waals surface area contributed by atoms with Crippen molar-refractivity contribution in [2.24, 2.45) is 0 Å². The van der Waals surface area contributed by atoms with Gasteiger partial charge < -0.3 is 10.1 Å². The molecule has 5 aromatic rings. The number of hydrogen-bond acceptors (Lipinski definition) is 6. The van der Waals surface area contributed by atoms with E-state index >= 15 is 0 Å². The second kappa shape index (κ2) is 11.3. The van der Waals surface area contributed by atoms with Gasteiger partial charge in [-0.3, -0.25) is 14.7 Å². The number of nitrogens with zero attached hydrogens (tertiary/aromatic N) is 6. The smallest absolute Gasteiger partial charge is 0.320 e. The molecule has 216 valence electrons. The predicted octanol–water partition coefficient (Wildman–Crippen LogP) is 6.09. The Hall–Kier alpha value is -4.73. The zero-order chi connectivity index (χ0) is 29.3. The second-order valence-electron chi connectivity index (χ2n) is 11.9. The van der Waals surface area contributed by atoms with Crippen molar-refractivity contribution in [3.63, 3.8) is 0 Å². The maximum atomic E-state index is 13.1. The maximum Gasteiger partial charge on any atom is 0.320 e. The third kappa shape index (κ3) is 5.97. The molecule has 10 nitrogen and oxygen atoms in total. The average Bonchev–Trinajstić information content (AvgIpc) is 3.59. The number of aryl methyl sites for hydroxylation is 1. The van der Waals surface area contributed by atoms with Gasteiger partial charge in [-0.25, -0.2) is 9.48 Å². The summed E-state index contributed by atoms with van der Waals surface area (Å²) in [6.07, 6.45) is 7.07. The fourth-order valence-corrected chi connectivity index (χ4v) is 5.19. The largest absolute Gasteiger partial charge is 0.489 e. The van der Waals surface area contributed by atoms with Crippen LogP contribution in [0.25, 0.3) is 22.9 Å². The first-order chi connectivity index (χ1) is 20.2. The molecule has 1 fully saturated rings. The maximum absolute atomic E-state index is 13.1. The Morgan fingerprint density at radius 2 is 1.76 bits per heavy atom. The molecule has 1 aliphatic carbocycles. The van der Waals surface area contributed by atoms with E-state index in [1.165, 1.54) is 5.56 Å². The zero-order valence-electron chi connectivity index (χ0n) is 24.4. The third-order valence-corrected chi connectivity index (χ3v) is 7.58. The Bertz CT molecular complexity index is 1680. The van der Waals surface area contributed by atoms with Gasteiger partial charge >= 0.3 is 6.03 Å². The van der Waals surface area contributed by atoms with Crippen molar-refractivity contribution in [1.29, 1.82) is 0 Å². The summed E-state index contributed by atoms with van der Waals surface area (Å²) in [4.78, 5) is 17.5. The second-order valence-corrected chi connectivity index (χ2v) is 11.9. The average molecular weight is 565 g/mol. The Balaban J connectivity index is 1.07. The van der Waals surface area contributed by atoms with Crippen LogP contribution >= 0.6 is 0 Å². The number of nitrogens with one attached hydrogen (secondary N) is 2. The molecule has 1 saturated carbocycles. The number of aromatic nitrogens is 6. The number of pyridine rings is 2. The Morgan fingerprint density at radius 1 is 0.976 bits per heavy atom. The topological polar surface area (TPSA) is 111 Å². The van der Waals surface area contributed by atoms with Gasteiger partial charge in [0.2, 0.25) is 0 Å². The molecule has 0 spiro atoms. The Labute approximate surface area is 245 Å². The summed E-state index contributed by atoms with van der Waals surface area (Å²) in [6, 6.07) is 19.4. The molecule has 1 aromatic carbocycles. The summed E-state index contributed by atoms with van der Waals surface area (Å²) < 4.78 is 10.0. The molecule has 4 heterocycles. The SMILES string of the molecule is Cc1ccc(-n2nc(C(C)(C)C)cc2NC(=O)NC2CCC(Oc3ccc4nnc(-c5ccccn5)n4c3)CC2)cc1. The molecule has 0 saturated heterocycles. The van der Waals surface area contributed by atoms with Crippen molar-refractivity contribution in [1.82, 2.24) is 34.7 Å². The molecule has 0 unspecified atom stereocenters. The fourth-order valence-electron chi connectivity index (χ4n) is 5.19. The number of carbonyl (C=O) groups excluding carboxylic acids is 1. The van der Waals surface area contributed by atoms with Crippen LogP contribution in [0.5, 0.6) is 5.75 Å². The van der Waals surface area contributed by atoms with Crippen molar-refractivity contribution in [2.75, 3.05) is 5.32 Å². The molecule has 42 heavy (non-hydrogen) atoms. The monoisotopic (exact) mass is 564 g/mol. The molecule has 2 N–H and O–H groups in total. The van der Waals surface area contributed by atoms with Crippen LogP contribution < -0.4 is 15.4 Å². The van der Waals surface area contributed by atoms with Gasteiger partial charge in [-0.2, -0.15) is 5.10 Å². The summed E-state index contributed by atoms with van der Waals surface area (Å²) in [6.45, 7) is 8.39. The van der Waals surface area contributed by atoms with E-state index in [9.17, 15) is 4.79 Å². The van der Waals surface area contributed by atoms with Crippen LogP contribution in [0.4, 0.5) is 10.6 Å². The van der Waals surface area contributed by atoms with E-state index in [2.05, 4.69) is 53.5 Å². The summed E-state index contributed by atoms with van der Waals surface area (Å²) in [7, 11) is 0. The predicted molar refractivity (Wildman–Crippen MR) is 162 cm³/mol. The molecule has 6 rings (SSSR count). The molecular weight excluding hydrogens is 528 g/mol. The minimum Gasteiger partial charge on any atom is -0.489 e. The lowest BCUT2D eigenvalue weighted by Gasteiger charge is -2.29. The number of hydrogen-bond donors (Lipinski definition) is 2. The molecule has 0 radical (unpaired) electrons. The highest BCUT2D eigenvalue weighted by Crippen LogP contribution is 2.28. The summed E-state index contributed by atoms with van der Waals surface area (Å²) in [5, 5.41) is 19.6. The molecule has 0 aliphatic heterocycles. The van der Waals surface area contributed by atoms with Crippen LogP contribution in [0.3, 0.4) is 0 Å². The van der Waals surface area contributed by atoms with Crippen molar-refractivity contribution in [2.45, 2.75) is 70.9 Å². The lowest BCUT2D eigenvalue weighted by Crippen LogP contribution is -2.42. The van der Waals surface area contributed by atoms with E-state index in [1.807, 2.05) is 71.3 Å². The van der Waals surface area contributed by atoms with Crippen LogP contribution in [0.2, 0.25) is 0 Å². The van der Waals surface area contributed by atoms with Crippen molar-refractivity contribution in [3.8, 4) is 23.0 Å². The number of urea groups is 1. The lowest BCUT2D eigenvalue weighted by atomic mass is 9.92. The number of ether oxygens (including phenoxy) is 1. The summed E-state index contributed by atoms with van der Waals surface area (Å²) in [5.74, 6) is 2.08. The van der Waals surface area contributed by atoms with E-state index in [0.717, 1.165) is 54.2 Å². The van der Waals surface area contributed by atoms with Crippen molar-refractivity contribution < 1.29 is 9.53 Å². The molecule has 4 aromatic heterocycles. The summed E-state index contributed by atoms with van der Waals surface area (Å²) in [5.41, 5.74) is 4.32. The van der Waals surface area contributed by atoms with Gasteiger partial charge in [0.15, 0.2) is 11.5 Å². The van der Waals surface area contributed by atoms with Gasteiger partial charge in [-0.1, -0.05) is 44.5 Å². The van der Waals surface area contributed by atoms with Crippen LogP contribution in [0.15, 0.2) is 73.1 Å². The zero-order valence-corrected chi connectivity index (χ0v) is 24.4. The highest BCUT2D eigenvalue weighted by molar-refractivity contribution is 5.89. The number of rotatable bonds is 6. The standard InChI is InChI=1S/C32H36N8O2/c1-21-8-12-23(13-9-21)40-29(19-27(38-40)32(2,3)4)35-31(41)34-22-10-14-24(15-11-22)42-25-16-17-28-36-37-30(39(28)20-25)26-7-5-6-18-33-26/h5-9,12-13,16-20,22,24H,10-11,14-15H2,1-4H3,(H2,34,35,41). The van der Waals surface area contributed by atoms with E-state index < -0.39 is 0 Å². The number of anilines is 1. The Morgan fingerprint density at radius 3 is 2.48 bits per heavy atom. The quantitative estimate of drug-likeness (QED) is 0.258. The van der Waals surface area contributed by atoms with Crippen molar-refractivity contribution >= 4 is 17.5 Å². The van der Waals surface area contributed by atoms with Crippen LogP contribution in [-0.2, 0) is 5.41 Å². The van der Waals surface area contributed by atoms with Crippen molar-refractivity contribution in [3.05, 3.63) is 84.3 Å². The first-order valence-corrected chi connectivity index (χ1v) is 14.4. The van der Waals surface area contributed by atoms with E-state index in [4.69, 9.17) is 9.84 Å². The minimum absolute atomic E-state index is 0.0654. The number of carbonyl (C=O) groups is 1. The lowest BCUT2D eigenvalue weighted by molar-refractivity contribution is 0.140. The van der Waals surface area contributed by atoms with Crippen LogP contribution in [-0.4, -0.2) is 47.5 Å². The first kappa shape index (κ1) is 27.4.